The maximum Gasteiger partial charge on any atom is 0.422 e. The number of benzene rings is 2. The third-order valence-corrected chi connectivity index (χ3v) is 5.10. The van der Waals surface area contributed by atoms with Crippen molar-refractivity contribution in [2.24, 2.45) is 5.92 Å². The quantitative estimate of drug-likeness (QED) is 0.411. The molecule has 0 unspecified atom stereocenters. The maximum absolute atomic E-state index is 14.5. The molecule has 0 heterocycles. The molecule has 0 atom stereocenters. The number of ether oxygens (including phenoxy) is 1. The van der Waals surface area contributed by atoms with Crippen LogP contribution in [-0.4, -0.2) is 12.8 Å². The molecule has 3 rings (SSSR count). The fourth-order valence-corrected chi connectivity index (χ4v) is 3.79. The largest absolute Gasteiger partial charge is 0.478 e. The van der Waals surface area contributed by atoms with Crippen LogP contribution >= 0.6 is 0 Å². The van der Waals surface area contributed by atoms with Crippen LogP contribution in [0.4, 0.5) is 22.0 Å². The van der Waals surface area contributed by atoms with Crippen molar-refractivity contribution in [2.45, 2.75) is 44.7 Å². The summed E-state index contributed by atoms with van der Waals surface area (Å²) in [4.78, 5) is 0. The number of halogens is 5. The first-order valence-electron chi connectivity index (χ1n) is 9.02. The maximum atomic E-state index is 14.5. The van der Waals surface area contributed by atoms with E-state index in [0.29, 0.717) is 17.2 Å². The number of hydrogen-bond acceptors (Lipinski definition) is 1. The van der Waals surface area contributed by atoms with Gasteiger partial charge in [0.1, 0.15) is 0 Å². The van der Waals surface area contributed by atoms with Gasteiger partial charge in [0.2, 0.25) is 0 Å². The molecule has 1 saturated carbocycles. The molecule has 146 valence electrons. The van der Waals surface area contributed by atoms with Crippen LogP contribution in [0, 0.1) is 17.6 Å². The van der Waals surface area contributed by atoms with Gasteiger partial charge >= 0.3 is 6.18 Å². The summed E-state index contributed by atoms with van der Waals surface area (Å²) in [6.07, 6.45) is 3.74. The van der Waals surface area contributed by atoms with Crippen LogP contribution in [0.25, 0.3) is 10.8 Å². The minimum absolute atomic E-state index is 0.0555. The van der Waals surface area contributed by atoms with Gasteiger partial charge in [-0.05, 0) is 61.5 Å². The van der Waals surface area contributed by atoms with Crippen LogP contribution in [0.15, 0.2) is 36.4 Å². The Kier molecular flexibility index (Phi) is 5.72. The van der Waals surface area contributed by atoms with E-state index in [1.54, 1.807) is 12.1 Å². The Labute approximate surface area is 154 Å². The Morgan fingerprint density at radius 3 is 2.41 bits per heavy atom. The molecule has 0 N–H and O–H groups in total. The zero-order valence-corrected chi connectivity index (χ0v) is 15.0. The van der Waals surface area contributed by atoms with Crippen LogP contribution in [0.5, 0.6) is 5.75 Å². The lowest BCUT2D eigenvalue weighted by Crippen LogP contribution is -2.20. The monoisotopic (exact) mass is 384 g/mol. The van der Waals surface area contributed by atoms with Crippen molar-refractivity contribution in [3.05, 3.63) is 53.6 Å². The van der Waals surface area contributed by atoms with Crippen molar-refractivity contribution >= 4 is 10.8 Å². The molecule has 1 nitrogen and oxygen atoms in total. The normalized spacial score (nSPS) is 21.1. The van der Waals surface area contributed by atoms with Gasteiger partial charge in [-0.2, -0.15) is 13.2 Å². The summed E-state index contributed by atoms with van der Waals surface area (Å²) in [5, 5.41) is 0.386. The first kappa shape index (κ1) is 19.6. The summed E-state index contributed by atoms with van der Waals surface area (Å²) >= 11 is 0. The molecule has 1 aliphatic carbocycles. The summed E-state index contributed by atoms with van der Waals surface area (Å²) in [6, 6.07) is 6.05. The van der Waals surface area contributed by atoms with Crippen molar-refractivity contribution < 1.29 is 26.7 Å². The van der Waals surface area contributed by atoms with E-state index in [2.05, 4.69) is 16.9 Å². The molecule has 0 amide bonds. The predicted octanol–water partition coefficient (Wildman–Crippen LogP) is 6.91. The second kappa shape index (κ2) is 7.87. The molecular formula is C21H21F5O. The highest BCUT2D eigenvalue weighted by Gasteiger charge is 2.30. The van der Waals surface area contributed by atoms with Gasteiger partial charge in [-0.25, -0.2) is 8.78 Å². The summed E-state index contributed by atoms with van der Waals surface area (Å²) in [5.41, 5.74) is 1.00. The van der Waals surface area contributed by atoms with Crippen LogP contribution < -0.4 is 4.74 Å². The third kappa shape index (κ3) is 4.60. The number of alkyl halides is 3. The van der Waals surface area contributed by atoms with E-state index in [4.69, 9.17) is 0 Å². The summed E-state index contributed by atoms with van der Waals surface area (Å²) in [5.74, 6) is -2.31. The molecule has 27 heavy (non-hydrogen) atoms. The lowest BCUT2D eigenvalue weighted by Gasteiger charge is -2.27. The smallest absolute Gasteiger partial charge is 0.422 e. The Morgan fingerprint density at radius 1 is 1.07 bits per heavy atom. The topological polar surface area (TPSA) is 9.23 Å². The zero-order valence-electron chi connectivity index (χ0n) is 15.0. The van der Waals surface area contributed by atoms with Gasteiger partial charge in [0.25, 0.3) is 0 Å². The highest BCUT2D eigenvalue weighted by Crippen LogP contribution is 2.38. The summed E-state index contributed by atoms with van der Waals surface area (Å²) in [6.45, 7) is 0.269. The molecule has 1 fully saturated rings. The number of fused-ring (bicyclic) bond motifs is 1. The van der Waals surface area contributed by atoms with E-state index in [1.807, 2.05) is 6.92 Å². The molecule has 2 aromatic carbocycles. The fourth-order valence-electron chi connectivity index (χ4n) is 3.79. The lowest BCUT2D eigenvalue weighted by atomic mass is 9.78. The van der Waals surface area contributed by atoms with Crippen LogP contribution in [0.2, 0.25) is 0 Å². The van der Waals surface area contributed by atoms with Gasteiger partial charge in [-0.1, -0.05) is 30.4 Å². The molecule has 0 aromatic heterocycles. The van der Waals surface area contributed by atoms with Crippen LogP contribution in [0.1, 0.15) is 44.1 Å². The van der Waals surface area contributed by atoms with E-state index >= 15 is 0 Å². The average molecular weight is 384 g/mol. The fraction of sp³-hybridized carbons (Fsp3) is 0.429. The van der Waals surface area contributed by atoms with Gasteiger partial charge in [-0.3, -0.25) is 0 Å². The predicted molar refractivity (Wildman–Crippen MR) is 94.9 cm³/mol. The Hall–Kier alpha value is -2.11. The highest BCUT2D eigenvalue weighted by atomic mass is 19.4. The van der Waals surface area contributed by atoms with E-state index in [0.717, 1.165) is 37.3 Å². The third-order valence-electron chi connectivity index (χ3n) is 5.10. The lowest BCUT2D eigenvalue weighted by molar-refractivity contribution is -0.154. The first-order valence-corrected chi connectivity index (χ1v) is 9.02. The minimum atomic E-state index is -4.66. The molecule has 6 heteroatoms. The van der Waals surface area contributed by atoms with E-state index in [9.17, 15) is 22.0 Å². The molecular weight excluding hydrogens is 363 g/mol. The second-order valence-corrected chi connectivity index (χ2v) is 7.02. The number of rotatable bonds is 4. The van der Waals surface area contributed by atoms with Crippen molar-refractivity contribution in [3.63, 3.8) is 0 Å². The Bertz CT molecular complexity index is 833. The van der Waals surface area contributed by atoms with E-state index < -0.39 is 30.2 Å². The van der Waals surface area contributed by atoms with E-state index in [1.165, 1.54) is 6.07 Å². The molecule has 0 spiro atoms. The minimum Gasteiger partial charge on any atom is -0.478 e. The van der Waals surface area contributed by atoms with Crippen LogP contribution in [-0.2, 0) is 0 Å². The molecule has 1 aliphatic rings. The average Bonchev–Trinajstić information content (AvgIpc) is 2.61. The SMILES string of the molecule is C/C=C/C1CCC(c2ccc3c(F)c(OCC(F)(F)F)c(F)cc3c2)CC1. The molecule has 0 aliphatic heterocycles. The van der Waals surface area contributed by atoms with Crippen molar-refractivity contribution in [1.82, 2.24) is 0 Å². The van der Waals surface area contributed by atoms with Gasteiger partial charge in [0.05, 0.1) is 0 Å². The summed E-state index contributed by atoms with van der Waals surface area (Å²) in [7, 11) is 0. The summed E-state index contributed by atoms with van der Waals surface area (Å²) < 4.78 is 69.8. The molecule has 0 bridgehead atoms. The van der Waals surface area contributed by atoms with Gasteiger partial charge in [-0.15, -0.1) is 0 Å². The number of allylic oxidation sites excluding steroid dienone is 2. The van der Waals surface area contributed by atoms with Gasteiger partial charge < -0.3 is 4.74 Å². The standard InChI is InChI=1S/C21H21F5O/c1-2-3-13-4-6-14(7-5-13)15-8-9-17-16(10-15)11-18(22)20(19(17)23)27-12-21(24,25)26/h2-3,8-11,13-14H,4-7,12H2,1H3/b3-2+. The van der Waals surface area contributed by atoms with Crippen molar-refractivity contribution in [1.29, 1.82) is 0 Å². The van der Waals surface area contributed by atoms with Crippen LogP contribution in [0.3, 0.4) is 0 Å². The van der Waals surface area contributed by atoms with Crippen molar-refractivity contribution in [2.75, 3.05) is 6.61 Å². The molecule has 2 aromatic rings. The molecule has 0 saturated heterocycles. The van der Waals surface area contributed by atoms with Gasteiger partial charge in [0, 0.05) is 5.39 Å². The molecule has 0 radical (unpaired) electrons. The number of hydrogen-bond donors (Lipinski definition) is 0. The Balaban J connectivity index is 1.84. The zero-order chi connectivity index (χ0) is 19.6. The second-order valence-electron chi connectivity index (χ2n) is 7.02. The highest BCUT2D eigenvalue weighted by molar-refractivity contribution is 5.85. The Morgan fingerprint density at radius 2 is 1.78 bits per heavy atom. The van der Waals surface area contributed by atoms with Gasteiger partial charge in [0.15, 0.2) is 24.0 Å². The first-order chi connectivity index (χ1) is 12.8. The van der Waals surface area contributed by atoms with E-state index in [-0.39, 0.29) is 5.39 Å². The van der Waals surface area contributed by atoms with Crippen molar-refractivity contribution in [3.8, 4) is 5.75 Å².